The number of tetrazole rings is 1. The number of fused-ring (bicyclic) bond motifs is 1. The first kappa shape index (κ1) is 21.5. The molecular formula is C23H22N6O2S. The van der Waals surface area contributed by atoms with E-state index in [1.165, 1.54) is 21.8 Å². The Kier molecular flexibility index (Phi) is 6.46. The second-order valence-electron chi connectivity index (χ2n) is 7.30. The molecule has 0 aliphatic heterocycles. The van der Waals surface area contributed by atoms with E-state index in [0.717, 1.165) is 10.9 Å². The zero-order valence-electron chi connectivity index (χ0n) is 17.6. The molecule has 1 aromatic heterocycles. The van der Waals surface area contributed by atoms with Crippen LogP contribution in [0.15, 0.2) is 71.9 Å². The van der Waals surface area contributed by atoms with Crippen LogP contribution in [-0.4, -0.2) is 37.8 Å². The number of amides is 2. The SMILES string of the molecule is CC(NC(=O)c1ccc(NC(=O)CSc2nnnn2C)cc1)c1ccc2ccccc2c1. The molecule has 3 aromatic carbocycles. The van der Waals surface area contributed by atoms with Gasteiger partial charge in [-0.15, -0.1) is 5.10 Å². The van der Waals surface area contributed by atoms with Gasteiger partial charge in [-0.1, -0.05) is 48.2 Å². The van der Waals surface area contributed by atoms with Crippen LogP contribution in [-0.2, 0) is 11.8 Å². The van der Waals surface area contributed by atoms with Crippen molar-refractivity contribution >= 4 is 40.0 Å². The van der Waals surface area contributed by atoms with E-state index in [1.807, 2.05) is 25.1 Å². The molecule has 0 aliphatic rings. The van der Waals surface area contributed by atoms with Gasteiger partial charge >= 0.3 is 0 Å². The summed E-state index contributed by atoms with van der Waals surface area (Å²) in [6.45, 7) is 1.96. The Morgan fingerprint density at radius 1 is 1.03 bits per heavy atom. The van der Waals surface area contributed by atoms with E-state index >= 15 is 0 Å². The number of anilines is 1. The molecule has 4 rings (SSSR count). The summed E-state index contributed by atoms with van der Waals surface area (Å²) in [5.41, 5.74) is 2.18. The van der Waals surface area contributed by atoms with Crippen LogP contribution in [0.4, 0.5) is 5.69 Å². The molecule has 32 heavy (non-hydrogen) atoms. The fourth-order valence-corrected chi connectivity index (χ4v) is 3.87. The largest absolute Gasteiger partial charge is 0.346 e. The lowest BCUT2D eigenvalue weighted by atomic mass is 10.0. The smallest absolute Gasteiger partial charge is 0.251 e. The van der Waals surface area contributed by atoms with Crippen LogP contribution in [0.1, 0.15) is 28.9 Å². The van der Waals surface area contributed by atoms with Crippen LogP contribution in [0.5, 0.6) is 0 Å². The van der Waals surface area contributed by atoms with Crippen molar-refractivity contribution in [2.45, 2.75) is 18.1 Å². The Morgan fingerprint density at radius 2 is 1.78 bits per heavy atom. The summed E-state index contributed by atoms with van der Waals surface area (Å²) < 4.78 is 1.50. The Hall–Kier alpha value is -3.72. The molecule has 8 nitrogen and oxygen atoms in total. The van der Waals surface area contributed by atoms with Gasteiger partial charge in [-0.05, 0) is 64.0 Å². The van der Waals surface area contributed by atoms with Crippen LogP contribution in [0.25, 0.3) is 10.8 Å². The van der Waals surface area contributed by atoms with Gasteiger partial charge in [0.15, 0.2) is 0 Å². The number of carbonyl (C=O) groups is 2. The molecule has 0 saturated carbocycles. The predicted molar refractivity (Wildman–Crippen MR) is 124 cm³/mol. The number of carbonyl (C=O) groups excluding carboxylic acids is 2. The molecule has 0 bridgehead atoms. The maximum Gasteiger partial charge on any atom is 0.251 e. The van der Waals surface area contributed by atoms with Crippen molar-refractivity contribution in [1.82, 2.24) is 25.5 Å². The van der Waals surface area contributed by atoms with Crippen LogP contribution >= 0.6 is 11.8 Å². The third-order valence-corrected chi connectivity index (χ3v) is 5.98. The number of aromatic nitrogens is 4. The van der Waals surface area contributed by atoms with Crippen molar-refractivity contribution in [2.75, 3.05) is 11.1 Å². The summed E-state index contributed by atoms with van der Waals surface area (Å²) in [6.07, 6.45) is 0. The molecule has 1 heterocycles. The van der Waals surface area contributed by atoms with Gasteiger partial charge in [-0.2, -0.15) is 0 Å². The Morgan fingerprint density at radius 3 is 2.50 bits per heavy atom. The average Bonchev–Trinajstić information content (AvgIpc) is 3.22. The van der Waals surface area contributed by atoms with Crippen molar-refractivity contribution in [2.24, 2.45) is 7.05 Å². The molecule has 0 saturated heterocycles. The highest BCUT2D eigenvalue weighted by molar-refractivity contribution is 7.99. The number of aryl methyl sites for hydroxylation is 1. The molecule has 1 atom stereocenters. The number of hydrogen-bond donors (Lipinski definition) is 2. The van der Waals surface area contributed by atoms with Crippen molar-refractivity contribution in [3.8, 4) is 0 Å². The monoisotopic (exact) mass is 446 g/mol. The normalized spacial score (nSPS) is 11.8. The van der Waals surface area contributed by atoms with E-state index in [9.17, 15) is 9.59 Å². The summed E-state index contributed by atoms with van der Waals surface area (Å²) in [4.78, 5) is 24.8. The van der Waals surface area contributed by atoms with Gasteiger partial charge in [0.25, 0.3) is 5.91 Å². The summed E-state index contributed by atoms with van der Waals surface area (Å²) in [6, 6.07) is 21.0. The summed E-state index contributed by atoms with van der Waals surface area (Å²) in [7, 11) is 1.71. The maximum absolute atomic E-state index is 12.7. The third kappa shape index (κ3) is 5.12. The lowest BCUT2D eigenvalue weighted by molar-refractivity contribution is -0.113. The molecule has 0 spiro atoms. The zero-order valence-corrected chi connectivity index (χ0v) is 18.5. The molecule has 162 valence electrons. The van der Waals surface area contributed by atoms with Crippen molar-refractivity contribution in [3.63, 3.8) is 0 Å². The molecule has 4 aromatic rings. The lowest BCUT2D eigenvalue weighted by Crippen LogP contribution is -2.26. The van der Waals surface area contributed by atoms with Crippen LogP contribution < -0.4 is 10.6 Å². The third-order valence-electron chi connectivity index (χ3n) is 4.97. The van der Waals surface area contributed by atoms with Gasteiger partial charge in [-0.25, -0.2) is 4.68 Å². The second kappa shape index (κ2) is 9.61. The topological polar surface area (TPSA) is 102 Å². The van der Waals surface area contributed by atoms with Crippen molar-refractivity contribution in [1.29, 1.82) is 0 Å². The Bertz CT molecular complexity index is 1250. The van der Waals surface area contributed by atoms with E-state index in [0.29, 0.717) is 16.4 Å². The van der Waals surface area contributed by atoms with E-state index < -0.39 is 0 Å². The van der Waals surface area contributed by atoms with Gasteiger partial charge in [-0.3, -0.25) is 9.59 Å². The average molecular weight is 447 g/mol. The lowest BCUT2D eigenvalue weighted by Gasteiger charge is -2.15. The first-order valence-corrected chi connectivity index (χ1v) is 11.0. The molecular weight excluding hydrogens is 424 g/mol. The van der Waals surface area contributed by atoms with E-state index in [2.05, 4.69) is 50.4 Å². The number of rotatable bonds is 7. The van der Waals surface area contributed by atoms with E-state index in [1.54, 1.807) is 31.3 Å². The molecule has 2 amide bonds. The summed E-state index contributed by atoms with van der Waals surface area (Å²) >= 11 is 1.25. The number of hydrogen-bond acceptors (Lipinski definition) is 6. The number of nitrogens with one attached hydrogen (secondary N) is 2. The van der Waals surface area contributed by atoms with Gasteiger partial charge in [0.2, 0.25) is 11.1 Å². The molecule has 0 aliphatic carbocycles. The minimum Gasteiger partial charge on any atom is -0.346 e. The highest BCUT2D eigenvalue weighted by Crippen LogP contribution is 2.21. The zero-order chi connectivity index (χ0) is 22.5. The fraction of sp³-hybridized carbons (Fsp3) is 0.174. The first-order chi connectivity index (χ1) is 15.5. The Balaban J connectivity index is 1.33. The van der Waals surface area contributed by atoms with Gasteiger partial charge < -0.3 is 10.6 Å². The van der Waals surface area contributed by atoms with E-state index in [-0.39, 0.29) is 23.6 Å². The number of nitrogens with zero attached hydrogens (tertiary/aromatic N) is 4. The minimum absolute atomic E-state index is 0.140. The fourth-order valence-electron chi connectivity index (χ4n) is 3.22. The number of benzene rings is 3. The Labute approximate surface area is 189 Å². The molecule has 2 N–H and O–H groups in total. The predicted octanol–water partition coefficient (Wildman–Crippen LogP) is 3.59. The quantitative estimate of drug-likeness (QED) is 0.421. The maximum atomic E-state index is 12.7. The molecule has 1 unspecified atom stereocenters. The van der Waals surface area contributed by atoms with Gasteiger partial charge in [0.1, 0.15) is 0 Å². The summed E-state index contributed by atoms with van der Waals surface area (Å²) in [5, 5.41) is 19.8. The molecule has 9 heteroatoms. The van der Waals surface area contributed by atoms with E-state index in [4.69, 9.17) is 0 Å². The van der Waals surface area contributed by atoms with Crippen LogP contribution in [0.2, 0.25) is 0 Å². The summed E-state index contributed by atoms with van der Waals surface area (Å²) in [5.74, 6) is -0.172. The van der Waals surface area contributed by atoms with Crippen molar-refractivity contribution in [3.05, 3.63) is 77.9 Å². The first-order valence-electron chi connectivity index (χ1n) is 10.0. The molecule has 0 fully saturated rings. The highest BCUT2D eigenvalue weighted by atomic mass is 32.2. The minimum atomic E-state index is -0.180. The van der Waals surface area contributed by atoms with Crippen molar-refractivity contribution < 1.29 is 9.59 Å². The van der Waals surface area contributed by atoms with Gasteiger partial charge in [0.05, 0.1) is 11.8 Å². The second-order valence-corrected chi connectivity index (χ2v) is 8.24. The number of thioether (sulfide) groups is 1. The van der Waals surface area contributed by atoms with Gasteiger partial charge in [0, 0.05) is 18.3 Å². The van der Waals surface area contributed by atoms with Crippen LogP contribution in [0.3, 0.4) is 0 Å². The standard InChI is InChI=1S/C23H22N6O2S/c1-15(18-8-7-16-5-3-4-6-19(16)13-18)24-22(31)17-9-11-20(12-10-17)25-21(30)14-32-23-26-27-28-29(23)2/h3-13,15H,14H2,1-2H3,(H,24,31)(H,25,30). The molecule has 0 radical (unpaired) electrons. The highest BCUT2D eigenvalue weighted by Gasteiger charge is 2.13. The van der Waals surface area contributed by atoms with Crippen LogP contribution in [0, 0.1) is 0 Å².